The van der Waals surface area contributed by atoms with Crippen molar-refractivity contribution in [2.75, 3.05) is 0 Å². The molecular weight excluding hydrogens is 172 g/mol. The number of hydrogen-bond acceptors (Lipinski definition) is 1. The standard InChI is InChI=1S/C13H18O/c14-13(10-5-11-13)9-4-8-12-6-2-1-3-7-12/h1-3,6-7,14H,4-5,8-11H2. The molecule has 0 aliphatic heterocycles. The lowest BCUT2D eigenvalue weighted by molar-refractivity contribution is -0.0414. The van der Waals surface area contributed by atoms with Crippen LogP contribution in [0.1, 0.15) is 37.7 Å². The minimum absolute atomic E-state index is 0.297. The first-order chi connectivity index (χ1) is 6.79. The lowest BCUT2D eigenvalue weighted by atomic mass is 9.76. The summed E-state index contributed by atoms with van der Waals surface area (Å²) in [7, 11) is 0. The molecule has 1 aromatic carbocycles. The van der Waals surface area contributed by atoms with Crippen molar-refractivity contribution < 1.29 is 5.11 Å². The van der Waals surface area contributed by atoms with Crippen LogP contribution in [0.2, 0.25) is 0 Å². The van der Waals surface area contributed by atoms with E-state index in [9.17, 15) is 5.11 Å². The zero-order chi connectivity index (χ0) is 9.86. The van der Waals surface area contributed by atoms with Gasteiger partial charge in [-0.15, -0.1) is 0 Å². The summed E-state index contributed by atoms with van der Waals surface area (Å²) in [5.74, 6) is 0. The summed E-state index contributed by atoms with van der Waals surface area (Å²) < 4.78 is 0. The Bertz CT molecular complexity index is 275. The lowest BCUT2D eigenvalue weighted by Crippen LogP contribution is -2.36. The van der Waals surface area contributed by atoms with Crippen molar-refractivity contribution in [3.8, 4) is 0 Å². The molecule has 1 aromatic rings. The average molecular weight is 190 g/mol. The molecule has 0 heterocycles. The Morgan fingerprint density at radius 3 is 2.43 bits per heavy atom. The molecule has 0 saturated heterocycles. The van der Waals surface area contributed by atoms with Gasteiger partial charge in [-0.25, -0.2) is 0 Å². The molecule has 1 fully saturated rings. The number of aryl methyl sites for hydroxylation is 1. The van der Waals surface area contributed by atoms with E-state index in [1.807, 2.05) is 6.07 Å². The molecule has 14 heavy (non-hydrogen) atoms. The van der Waals surface area contributed by atoms with Crippen LogP contribution in [0.3, 0.4) is 0 Å². The summed E-state index contributed by atoms with van der Waals surface area (Å²) in [4.78, 5) is 0. The van der Waals surface area contributed by atoms with Crippen LogP contribution in [0, 0.1) is 0 Å². The topological polar surface area (TPSA) is 20.2 Å². The van der Waals surface area contributed by atoms with Crippen molar-refractivity contribution in [3.63, 3.8) is 0 Å². The van der Waals surface area contributed by atoms with Crippen molar-refractivity contribution >= 4 is 0 Å². The first kappa shape index (κ1) is 9.72. The van der Waals surface area contributed by atoms with Crippen LogP contribution in [0.15, 0.2) is 30.3 Å². The quantitative estimate of drug-likeness (QED) is 0.774. The predicted octanol–water partition coefficient (Wildman–Crippen LogP) is 2.92. The predicted molar refractivity (Wildman–Crippen MR) is 58.2 cm³/mol. The summed E-state index contributed by atoms with van der Waals surface area (Å²) in [5, 5.41) is 9.89. The highest BCUT2D eigenvalue weighted by atomic mass is 16.3. The summed E-state index contributed by atoms with van der Waals surface area (Å²) in [5.41, 5.74) is 1.09. The number of aliphatic hydroxyl groups is 1. The second kappa shape index (κ2) is 4.14. The van der Waals surface area contributed by atoms with Crippen molar-refractivity contribution in [1.82, 2.24) is 0 Å². The smallest absolute Gasteiger partial charge is 0.0648 e. The average Bonchev–Trinajstić information content (AvgIpc) is 2.17. The number of rotatable bonds is 4. The number of hydrogen-bond donors (Lipinski definition) is 1. The first-order valence-corrected chi connectivity index (χ1v) is 5.55. The molecule has 1 N–H and O–H groups in total. The largest absolute Gasteiger partial charge is 0.390 e. The Morgan fingerprint density at radius 1 is 1.14 bits per heavy atom. The van der Waals surface area contributed by atoms with Crippen LogP contribution < -0.4 is 0 Å². The Hall–Kier alpha value is -0.820. The van der Waals surface area contributed by atoms with E-state index < -0.39 is 0 Å². The Labute approximate surface area is 85.8 Å². The Kier molecular flexibility index (Phi) is 2.87. The maximum atomic E-state index is 9.89. The fourth-order valence-electron chi connectivity index (χ4n) is 2.10. The molecule has 0 bridgehead atoms. The van der Waals surface area contributed by atoms with E-state index in [0.717, 1.165) is 32.1 Å². The Morgan fingerprint density at radius 2 is 1.86 bits per heavy atom. The van der Waals surface area contributed by atoms with Gasteiger partial charge in [0.05, 0.1) is 5.60 Å². The van der Waals surface area contributed by atoms with Crippen LogP contribution in [0.4, 0.5) is 0 Å². The van der Waals surface area contributed by atoms with Gasteiger partial charge in [0, 0.05) is 0 Å². The van der Waals surface area contributed by atoms with Gasteiger partial charge in [-0.3, -0.25) is 0 Å². The SMILES string of the molecule is OC1(CCCc2ccccc2)CCC1. The zero-order valence-electron chi connectivity index (χ0n) is 8.58. The van der Waals surface area contributed by atoms with Crippen LogP contribution in [0.25, 0.3) is 0 Å². The summed E-state index contributed by atoms with van der Waals surface area (Å²) in [6, 6.07) is 10.5. The van der Waals surface area contributed by atoms with Gasteiger partial charge in [-0.1, -0.05) is 30.3 Å². The van der Waals surface area contributed by atoms with Gasteiger partial charge in [0.25, 0.3) is 0 Å². The molecule has 1 aliphatic carbocycles. The maximum absolute atomic E-state index is 9.89. The third-order valence-corrected chi connectivity index (χ3v) is 3.23. The lowest BCUT2D eigenvalue weighted by Gasteiger charge is -2.36. The van der Waals surface area contributed by atoms with Gasteiger partial charge >= 0.3 is 0 Å². The minimum atomic E-state index is -0.297. The fraction of sp³-hybridized carbons (Fsp3) is 0.538. The molecule has 0 amide bonds. The molecule has 1 aliphatic rings. The van der Waals surface area contributed by atoms with Gasteiger partial charge in [0.15, 0.2) is 0 Å². The molecule has 1 saturated carbocycles. The highest BCUT2D eigenvalue weighted by Gasteiger charge is 2.33. The molecule has 76 valence electrons. The van der Waals surface area contributed by atoms with E-state index in [4.69, 9.17) is 0 Å². The van der Waals surface area contributed by atoms with E-state index >= 15 is 0 Å². The molecular formula is C13H18O. The van der Waals surface area contributed by atoms with E-state index in [0.29, 0.717) is 0 Å². The molecule has 1 heteroatoms. The van der Waals surface area contributed by atoms with E-state index in [1.54, 1.807) is 0 Å². The van der Waals surface area contributed by atoms with Crippen LogP contribution >= 0.6 is 0 Å². The van der Waals surface area contributed by atoms with E-state index in [1.165, 1.54) is 12.0 Å². The second-order valence-corrected chi connectivity index (χ2v) is 4.42. The van der Waals surface area contributed by atoms with Crippen molar-refractivity contribution in [2.45, 2.75) is 44.1 Å². The maximum Gasteiger partial charge on any atom is 0.0648 e. The van der Waals surface area contributed by atoms with Gasteiger partial charge in [-0.05, 0) is 44.1 Å². The molecule has 0 unspecified atom stereocenters. The van der Waals surface area contributed by atoms with Crippen LogP contribution in [-0.2, 0) is 6.42 Å². The first-order valence-electron chi connectivity index (χ1n) is 5.55. The molecule has 0 atom stereocenters. The van der Waals surface area contributed by atoms with Crippen LogP contribution in [-0.4, -0.2) is 10.7 Å². The van der Waals surface area contributed by atoms with Crippen molar-refractivity contribution in [1.29, 1.82) is 0 Å². The normalized spacial score (nSPS) is 18.9. The van der Waals surface area contributed by atoms with Crippen molar-refractivity contribution in [3.05, 3.63) is 35.9 Å². The van der Waals surface area contributed by atoms with Crippen molar-refractivity contribution in [2.24, 2.45) is 0 Å². The Balaban J connectivity index is 1.73. The van der Waals surface area contributed by atoms with Gasteiger partial charge in [-0.2, -0.15) is 0 Å². The molecule has 0 radical (unpaired) electrons. The summed E-state index contributed by atoms with van der Waals surface area (Å²) >= 11 is 0. The fourth-order valence-corrected chi connectivity index (χ4v) is 2.10. The molecule has 2 rings (SSSR count). The highest BCUT2D eigenvalue weighted by molar-refractivity contribution is 5.14. The highest BCUT2D eigenvalue weighted by Crippen LogP contribution is 2.35. The third-order valence-electron chi connectivity index (χ3n) is 3.23. The van der Waals surface area contributed by atoms with Gasteiger partial charge in [0.2, 0.25) is 0 Å². The minimum Gasteiger partial charge on any atom is -0.390 e. The van der Waals surface area contributed by atoms with Gasteiger partial charge in [0.1, 0.15) is 0 Å². The second-order valence-electron chi connectivity index (χ2n) is 4.42. The van der Waals surface area contributed by atoms with E-state index in [2.05, 4.69) is 24.3 Å². The molecule has 1 nitrogen and oxygen atoms in total. The third kappa shape index (κ3) is 2.36. The summed E-state index contributed by atoms with van der Waals surface area (Å²) in [6.45, 7) is 0. The summed E-state index contributed by atoms with van der Waals surface area (Å²) in [6.07, 6.45) is 6.43. The van der Waals surface area contributed by atoms with Gasteiger partial charge < -0.3 is 5.11 Å². The molecule has 0 spiro atoms. The monoisotopic (exact) mass is 190 g/mol. The zero-order valence-corrected chi connectivity index (χ0v) is 8.58. The number of benzene rings is 1. The molecule has 0 aromatic heterocycles. The van der Waals surface area contributed by atoms with E-state index in [-0.39, 0.29) is 5.60 Å². The van der Waals surface area contributed by atoms with Crippen LogP contribution in [0.5, 0.6) is 0 Å².